The predicted octanol–water partition coefficient (Wildman–Crippen LogP) is 4.71. The van der Waals surface area contributed by atoms with E-state index in [1.807, 2.05) is 44.2 Å². The number of nitrogens with zero attached hydrogens (tertiary/aromatic N) is 1. The van der Waals surface area contributed by atoms with Gasteiger partial charge in [0.15, 0.2) is 0 Å². The van der Waals surface area contributed by atoms with Gasteiger partial charge in [0.25, 0.3) is 5.69 Å². The fourth-order valence-corrected chi connectivity index (χ4v) is 3.29. The van der Waals surface area contributed by atoms with Gasteiger partial charge in [0.05, 0.1) is 11.0 Å². The van der Waals surface area contributed by atoms with Crippen molar-refractivity contribution in [1.29, 1.82) is 0 Å². The lowest BCUT2D eigenvalue weighted by molar-refractivity contribution is -0.384. The molecule has 6 nitrogen and oxygen atoms in total. The number of non-ortho nitro benzene ring substituents is 1. The molecule has 0 fully saturated rings. The normalized spacial score (nSPS) is 12.1. The van der Waals surface area contributed by atoms with E-state index in [0.717, 1.165) is 10.8 Å². The number of carbonyl (C=O) groups is 1. The largest absolute Gasteiger partial charge is 0.508 e. The lowest BCUT2D eigenvalue weighted by Crippen LogP contribution is -2.30. The minimum absolute atomic E-state index is 0.0295. The van der Waals surface area contributed by atoms with Gasteiger partial charge in [0.1, 0.15) is 5.75 Å². The van der Waals surface area contributed by atoms with Crippen molar-refractivity contribution in [2.45, 2.75) is 26.3 Å². The van der Waals surface area contributed by atoms with Crippen LogP contribution in [-0.2, 0) is 4.79 Å². The van der Waals surface area contributed by atoms with Crippen molar-refractivity contribution in [3.8, 4) is 5.75 Å². The van der Waals surface area contributed by atoms with E-state index in [0.29, 0.717) is 17.5 Å². The quantitative estimate of drug-likeness (QED) is 0.480. The number of fused-ring (bicyclic) bond motifs is 1. The summed E-state index contributed by atoms with van der Waals surface area (Å²) in [6.07, 6.45) is 0.342. The highest BCUT2D eigenvalue weighted by molar-refractivity contribution is 5.89. The third-order valence-corrected chi connectivity index (χ3v) is 4.57. The van der Waals surface area contributed by atoms with Gasteiger partial charge in [-0.05, 0) is 40.5 Å². The van der Waals surface area contributed by atoms with Crippen LogP contribution in [0.25, 0.3) is 10.8 Å². The molecule has 0 aliphatic heterocycles. The molecular formula is C22H22N2O4. The van der Waals surface area contributed by atoms with Gasteiger partial charge in [-0.15, -0.1) is 0 Å². The first-order valence-electron chi connectivity index (χ1n) is 9.11. The molecular weight excluding hydrogens is 356 g/mol. The summed E-state index contributed by atoms with van der Waals surface area (Å²) in [7, 11) is 0. The van der Waals surface area contributed by atoms with Crippen LogP contribution >= 0.6 is 0 Å². The summed E-state index contributed by atoms with van der Waals surface area (Å²) in [5.41, 5.74) is 1.21. The zero-order valence-corrected chi connectivity index (χ0v) is 15.8. The molecule has 2 N–H and O–H groups in total. The molecule has 3 aromatic carbocycles. The maximum absolute atomic E-state index is 12.5. The highest BCUT2D eigenvalue weighted by Gasteiger charge is 2.23. The Bertz CT molecular complexity index is 1010. The molecule has 0 bridgehead atoms. The van der Waals surface area contributed by atoms with Gasteiger partial charge in [-0.3, -0.25) is 14.9 Å². The van der Waals surface area contributed by atoms with Gasteiger partial charge < -0.3 is 10.4 Å². The summed E-state index contributed by atoms with van der Waals surface area (Å²) >= 11 is 0. The fraction of sp³-hybridized carbons (Fsp3) is 0.227. The molecule has 6 heteroatoms. The molecule has 0 saturated carbocycles. The molecule has 0 spiro atoms. The van der Waals surface area contributed by atoms with Crippen LogP contribution in [0, 0.1) is 16.0 Å². The molecule has 0 aromatic heterocycles. The number of benzene rings is 3. The number of aromatic hydroxyl groups is 1. The standard InChI is InChI=1S/C22H22N2O4/c1-14(2)13-20(26)23-22(16-7-10-17(11-8-16)24(27)28)21-18-6-4-3-5-15(18)9-12-19(21)25/h3-12,14,22,25H,13H2,1-2H3,(H,23,26)/t22-/m1/s1. The van der Waals surface area contributed by atoms with Crippen molar-refractivity contribution in [1.82, 2.24) is 5.32 Å². The SMILES string of the molecule is CC(C)CC(=O)N[C@H](c1ccc([N+](=O)[O-])cc1)c1c(O)ccc2ccccc12. The van der Waals surface area contributed by atoms with E-state index < -0.39 is 11.0 Å². The Hall–Kier alpha value is -3.41. The van der Waals surface area contributed by atoms with Crippen molar-refractivity contribution >= 4 is 22.4 Å². The molecule has 28 heavy (non-hydrogen) atoms. The molecule has 0 aliphatic carbocycles. The van der Waals surface area contributed by atoms with Crippen LogP contribution in [0.5, 0.6) is 5.75 Å². The van der Waals surface area contributed by atoms with Crippen LogP contribution in [0.4, 0.5) is 5.69 Å². The Morgan fingerprint density at radius 2 is 1.75 bits per heavy atom. The molecule has 0 heterocycles. The van der Waals surface area contributed by atoms with Crippen LogP contribution in [-0.4, -0.2) is 15.9 Å². The second-order valence-electron chi connectivity index (χ2n) is 7.17. The van der Waals surface area contributed by atoms with Gasteiger partial charge in [-0.25, -0.2) is 0 Å². The Morgan fingerprint density at radius 1 is 1.07 bits per heavy atom. The van der Waals surface area contributed by atoms with Gasteiger partial charge in [0.2, 0.25) is 5.91 Å². The summed E-state index contributed by atoms with van der Waals surface area (Å²) in [4.78, 5) is 23.0. The number of carbonyl (C=O) groups excluding carboxylic acids is 1. The number of nitro benzene ring substituents is 1. The summed E-state index contributed by atoms with van der Waals surface area (Å²) in [5, 5.41) is 26.3. The van der Waals surface area contributed by atoms with E-state index in [9.17, 15) is 20.0 Å². The van der Waals surface area contributed by atoms with Crippen LogP contribution < -0.4 is 5.32 Å². The molecule has 1 amide bonds. The number of rotatable bonds is 6. The summed E-state index contributed by atoms with van der Waals surface area (Å²) in [6, 6.07) is 16.4. The van der Waals surface area contributed by atoms with Gasteiger partial charge in [-0.2, -0.15) is 0 Å². The topological polar surface area (TPSA) is 92.5 Å². The first kappa shape index (κ1) is 19.4. The van der Waals surface area contributed by atoms with Gasteiger partial charge >= 0.3 is 0 Å². The number of phenols is 1. The van der Waals surface area contributed by atoms with E-state index in [2.05, 4.69) is 5.32 Å². The molecule has 0 aliphatic rings. The van der Waals surface area contributed by atoms with Gasteiger partial charge in [0, 0.05) is 24.1 Å². The number of hydrogen-bond donors (Lipinski definition) is 2. The van der Waals surface area contributed by atoms with Crippen molar-refractivity contribution in [3.05, 3.63) is 81.9 Å². The minimum Gasteiger partial charge on any atom is -0.508 e. The lowest BCUT2D eigenvalue weighted by Gasteiger charge is -2.23. The predicted molar refractivity (Wildman–Crippen MR) is 108 cm³/mol. The summed E-state index contributed by atoms with van der Waals surface area (Å²) in [6.45, 7) is 3.91. The van der Waals surface area contributed by atoms with E-state index in [4.69, 9.17) is 0 Å². The van der Waals surface area contributed by atoms with Crippen LogP contribution in [0.2, 0.25) is 0 Å². The Balaban J connectivity index is 2.12. The van der Waals surface area contributed by atoms with Crippen molar-refractivity contribution in [2.75, 3.05) is 0 Å². The van der Waals surface area contributed by atoms with Crippen molar-refractivity contribution in [3.63, 3.8) is 0 Å². The number of nitrogens with one attached hydrogen (secondary N) is 1. The Labute approximate surface area is 163 Å². The Kier molecular flexibility index (Phi) is 5.59. The van der Waals surface area contributed by atoms with Crippen molar-refractivity contribution < 1.29 is 14.8 Å². The number of nitro groups is 1. The number of hydrogen-bond acceptors (Lipinski definition) is 4. The second kappa shape index (κ2) is 8.08. The van der Waals surface area contributed by atoms with Crippen LogP contribution in [0.15, 0.2) is 60.7 Å². The fourth-order valence-electron chi connectivity index (χ4n) is 3.29. The minimum atomic E-state index is -0.627. The van der Waals surface area contributed by atoms with E-state index in [-0.39, 0.29) is 23.3 Å². The van der Waals surface area contributed by atoms with Crippen LogP contribution in [0.3, 0.4) is 0 Å². The molecule has 0 radical (unpaired) electrons. The number of phenolic OH excluding ortho intramolecular Hbond substituents is 1. The molecule has 144 valence electrons. The first-order valence-corrected chi connectivity index (χ1v) is 9.11. The zero-order chi connectivity index (χ0) is 20.3. The van der Waals surface area contributed by atoms with Gasteiger partial charge in [-0.1, -0.05) is 44.2 Å². The third-order valence-electron chi connectivity index (χ3n) is 4.57. The van der Waals surface area contributed by atoms with E-state index in [1.54, 1.807) is 18.2 Å². The summed E-state index contributed by atoms with van der Waals surface area (Å²) < 4.78 is 0. The number of amides is 1. The average Bonchev–Trinajstić information content (AvgIpc) is 2.66. The molecule has 0 saturated heterocycles. The zero-order valence-electron chi connectivity index (χ0n) is 15.8. The van der Waals surface area contributed by atoms with Crippen LogP contribution in [0.1, 0.15) is 37.4 Å². The summed E-state index contributed by atoms with van der Waals surface area (Å²) in [5.74, 6) is 0.0937. The average molecular weight is 378 g/mol. The first-order chi connectivity index (χ1) is 13.4. The second-order valence-corrected chi connectivity index (χ2v) is 7.17. The van der Waals surface area contributed by atoms with E-state index >= 15 is 0 Å². The monoisotopic (exact) mass is 378 g/mol. The molecule has 3 aromatic rings. The Morgan fingerprint density at radius 3 is 2.39 bits per heavy atom. The van der Waals surface area contributed by atoms with E-state index in [1.165, 1.54) is 12.1 Å². The lowest BCUT2D eigenvalue weighted by atomic mass is 9.92. The molecule has 3 rings (SSSR count). The van der Waals surface area contributed by atoms with Crippen molar-refractivity contribution in [2.24, 2.45) is 5.92 Å². The maximum Gasteiger partial charge on any atom is 0.269 e. The molecule has 0 unspecified atom stereocenters. The smallest absolute Gasteiger partial charge is 0.269 e. The maximum atomic E-state index is 12.5. The third kappa shape index (κ3) is 4.11. The highest BCUT2D eigenvalue weighted by atomic mass is 16.6. The highest BCUT2D eigenvalue weighted by Crippen LogP contribution is 2.36. The molecule has 1 atom stereocenters.